The summed E-state index contributed by atoms with van der Waals surface area (Å²) in [5, 5.41) is 0. The highest BCUT2D eigenvalue weighted by Gasteiger charge is 2.15. The predicted octanol–water partition coefficient (Wildman–Crippen LogP) is 4.46. The predicted molar refractivity (Wildman–Crippen MR) is 115 cm³/mol. The van der Waals surface area contributed by atoms with Crippen molar-refractivity contribution in [2.45, 2.75) is 25.7 Å². The van der Waals surface area contributed by atoms with Crippen LogP contribution in [0.15, 0.2) is 84.9 Å². The molecule has 4 nitrogen and oxygen atoms in total. The summed E-state index contributed by atoms with van der Waals surface area (Å²) in [5.74, 6) is -0.874. The van der Waals surface area contributed by atoms with Gasteiger partial charge < -0.3 is 0 Å². The van der Waals surface area contributed by atoms with Crippen molar-refractivity contribution in [2.24, 2.45) is 0 Å². The second-order valence-electron chi connectivity index (χ2n) is 7.18. The second-order valence-corrected chi connectivity index (χ2v) is 7.18. The zero-order chi connectivity index (χ0) is 21.3. The topological polar surface area (TPSA) is 68.3 Å². The van der Waals surface area contributed by atoms with Crippen LogP contribution in [0.3, 0.4) is 0 Å². The summed E-state index contributed by atoms with van der Waals surface area (Å²) in [6.45, 7) is 0. The molecule has 0 saturated carbocycles. The number of Topliss-reactive ketones (excluding diaryl/α,β-unsaturated/α-hetero) is 4. The number of carbonyl (C=O) groups is 4. The third-order valence-corrected chi connectivity index (χ3v) is 4.73. The third-order valence-electron chi connectivity index (χ3n) is 4.73. The van der Waals surface area contributed by atoms with Crippen LogP contribution in [0.5, 0.6) is 0 Å². The highest BCUT2D eigenvalue weighted by atomic mass is 16.2. The van der Waals surface area contributed by atoms with Crippen LogP contribution in [-0.2, 0) is 22.4 Å². The van der Waals surface area contributed by atoms with Crippen molar-refractivity contribution >= 4 is 23.1 Å². The van der Waals surface area contributed by atoms with Crippen molar-refractivity contribution in [1.29, 1.82) is 0 Å². The number of rotatable bonds is 10. The molecular formula is C26H22O4. The van der Waals surface area contributed by atoms with E-state index in [0.29, 0.717) is 11.1 Å². The molecule has 30 heavy (non-hydrogen) atoms. The van der Waals surface area contributed by atoms with Gasteiger partial charge in [-0.2, -0.15) is 0 Å². The molecule has 150 valence electrons. The van der Waals surface area contributed by atoms with Crippen LogP contribution in [-0.4, -0.2) is 23.1 Å². The van der Waals surface area contributed by atoms with Gasteiger partial charge >= 0.3 is 0 Å². The van der Waals surface area contributed by atoms with Gasteiger partial charge in [-0.25, -0.2) is 0 Å². The molecule has 0 unspecified atom stereocenters. The molecule has 0 aliphatic heterocycles. The van der Waals surface area contributed by atoms with E-state index in [4.69, 9.17) is 0 Å². The van der Waals surface area contributed by atoms with Gasteiger partial charge in [0, 0.05) is 24.0 Å². The van der Waals surface area contributed by atoms with Gasteiger partial charge in [0.2, 0.25) is 0 Å². The van der Waals surface area contributed by atoms with E-state index in [1.807, 2.05) is 60.7 Å². The first-order valence-electron chi connectivity index (χ1n) is 9.79. The van der Waals surface area contributed by atoms with Crippen LogP contribution in [0, 0.1) is 0 Å². The molecule has 0 bridgehead atoms. The molecule has 0 N–H and O–H groups in total. The lowest BCUT2D eigenvalue weighted by Gasteiger charge is -2.04. The van der Waals surface area contributed by atoms with Gasteiger partial charge in [0.25, 0.3) is 0 Å². The van der Waals surface area contributed by atoms with Crippen molar-refractivity contribution in [3.8, 4) is 0 Å². The quantitative estimate of drug-likeness (QED) is 0.374. The van der Waals surface area contributed by atoms with Crippen LogP contribution < -0.4 is 0 Å². The molecule has 0 spiro atoms. The first kappa shape index (κ1) is 21.1. The van der Waals surface area contributed by atoms with E-state index < -0.39 is 0 Å². The zero-order valence-electron chi connectivity index (χ0n) is 16.5. The average molecular weight is 398 g/mol. The number of benzene rings is 3. The third kappa shape index (κ3) is 6.17. The van der Waals surface area contributed by atoms with Gasteiger partial charge in [0.15, 0.2) is 11.6 Å². The van der Waals surface area contributed by atoms with E-state index in [0.717, 1.165) is 11.1 Å². The van der Waals surface area contributed by atoms with Gasteiger partial charge in [-0.3, -0.25) is 19.2 Å². The molecule has 0 aliphatic rings. The molecule has 0 aliphatic carbocycles. The Morgan fingerprint density at radius 1 is 0.467 bits per heavy atom. The standard InChI is InChI=1S/C26H22O4/c27-23(15-19-7-3-1-4-8-19)17-25(29)21-11-13-22(14-12-21)26(30)18-24(28)16-20-9-5-2-6-10-20/h1-14H,15-18H2. The maximum absolute atomic E-state index is 12.3. The molecule has 3 aromatic rings. The van der Waals surface area contributed by atoms with E-state index in [1.165, 1.54) is 24.3 Å². The molecule has 3 aromatic carbocycles. The SMILES string of the molecule is O=C(CC(=O)c1ccc(C(=O)CC(=O)Cc2ccccc2)cc1)Cc1ccccc1. The number of hydrogen-bond donors (Lipinski definition) is 0. The minimum absolute atomic E-state index is 0.155. The maximum Gasteiger partial charge on any atom is 0.170 e. The molecule has 0 radical (unpaired) electrons. The Balaban J connectivity index is 1.53. The van der Waals surface area contributed by atoms with E-state index in [9.17, 15) is 19.2 Å². The summed E-state index contributed by atoms with van der Waals surface area (Å²) in [4.78, 5) is 49.0. The summed E-state index contributed by atoms with van der Waals surface area (Å²) in [6.07, 6.45) is 0.0643. The lowest BCUT2D eigenvalue weighted by Crippen LogP contribution is -2.12. The average Bonchev–Trinajstić information content (AvgIpc) is 2.75. The van der Waals surface area contributed by atoms with Crippen molar-refractivity contribution in [2.75, 3.05) is 0 Å². The molecule has 0 aromatic heterocycles. The van der Waals surface area contributed by atoms with Gasteiger partial charge in [0.05, 0.1) is 12.8 Å². The van der Waals surface area contributed by atoms with E-state index in [2.05, 4.69) is 0 Å². The highest BCUT2D eigenvalue weighted by molar-refractivity contribution is 6.10. The smallest absolute Gasteiger partial charge is 0.170 e. The fraction of sp³-hybridized carbons (Fsp3) is 0.154. The highest BCUT2D eigenvalue weighted by Crippen LogP contribution is 2.12. The first-order chi connectivity index (χ1) is 14.5. The van der Waals surface area contributed by atoms with Gasteiger partial charge in [-0.05, 0) is 11.1 Å². The zero-order valence-corrected chi connectivity index (χ0v) is 16.5. The van der Waals surface area contributed by atoms with Crippen LogP contribution in [0.2, 0.25) is 0 Å². The fourth-order valence-electron chi connectivity index (χ4n) is 3.18. The molecule has 0 atom stereocenters. The van der Waals surface area contributed by atoms with Gasteiger partial charge in [-0.1, -0.05) is 84.9 Å². The molecule has 0 heterocycles. The van der Waals surface area contributed by atoms with Crippen molar-refractivity contribution in [1.82, 2.24) is 0 Å². The lowest BCUT2D eigenvalue weighted by atomic mass is 9.98. The van der Waals surface area contributed by atoms with E-state index >= 15 is 0 Å². The lowest BCUT2D eigenvalue weighted by molar-refractivity contribution is -0.118. The summed E-state index contributed by atoms with van der Waals surface area (Å²) in [5.41, 5.74) is 2.50. The molecule has 0 fully saturated rings. The molecule has 0 saturated heterocycles. The Morgan fingerprint density at radius 3 is 1.13 bits per heavy atom. The van der Waals surface area contributed by atoms with Crippen LogP contribution >= 0.6 is 0 Å². The Kier molecular flexibility index (Phi) is 7.17. The number of hydrogen-bond acceptors (Lipinski definition) is 4. The minimum atomic E-state index is -0.282. The van der Waals surface area contributed by atoms with Crippen molar-refractivity contribution in [3.05, 3.63) is 107 Å². The Morgan fingerprint density at radius 2 is 0.800 bits per heavy atom. The first-order valence-corrected chi connectivity index (χ1v) is 9.79. The van der Waals surface area contributed by atoms with Crippen LogP contribution in [0.1, 0.15) is 44.7 Å². The van der Waals surface area contributed by atoms with E-state index in [1.54, 1.807) is 0 Å². The monoisotopic (exact) mass is 398 g/mol. The van der Waals surface area contributed by atoms with Gasteiger partial charge in [-0.15, -0.1) is 0 Å². The van der Waals surface area contributed by atoms with Gasteiger partial charge in [0.1, 0.15) is 11.6 Å². The van der Waals surface area contributed by atoms with E-state index in [-0.39, 0.29) is 48.8 Å². The normalized spacial score (nSPS) is 10.4. The summed E-state index contributed by atoms with van der Waals surface area (Å²) in [6, 6.07) is 24.7. The summed E-state index contributed by atoms with van der Waals surface area (Å²) < 4.78 is 0. The molecule has 3 rings (SSSR count). The number of carbonyl (C=O) groups excluding carboxylic acids is 4. The second kappa shape index (κ2) is 10.2. The Labute approximate surface area is 175 Å². The number of ketones is 4. The summed E-state index contributed by atoms with van der Waals surface area (Å²) in [7, 11) is 0. The minimum Gasteiger partial charge on any atom is -0.299 e. The fourth-order valence-corrected chi connectivity index (χ4v) is 3.18. The Bertz CT molecular complexity index is 949. The molecule has 0 amide bonds. The van der Waals surface area contributed by atoms with Crippen molar-refractivity contribution < 1.29 is 19.2 Å². The van der Waals surface area contributed by atoms with Crippen LogP contribution in [0.25, 0.3) is 0 Å². The summed E-state index contributed by atoms with van der Waals surface area (Å²) >= 11 is 0. The molecule has 4 heteroatoms. The maximum atomic E-state index is 12.3. The van der Waals surface area contributed by atoms with Crippen molar-refractivity contribution in [3.63, 3.8) is 0 Å². The van der Waals surface area contributed by atoms with Crippen LogP contribution in [0.4, 0.5) is 0 Å². The Hall–Kier alpha value is -3.66. The molecular weight excluding hydrogens is 376 g/mol. The largest absolute Gasteiger partial charge is 0.299 e.